The van der Waals surface area contributed by atoms with Crippen LogP contribution in [0.2, 0.25) is 10.0 Å². The van der Waals surface area contributed by atoms with Crippen molar-refractivity contribution in [1.82, 2.24) is 10.2 Å². The van der Waals surface area contributed by atoms with E-state index >= 15 is 0 Å². The molecule has 1 aromatic heterocycles. The number of amides is 1. The van der Waals surface area contributed by atoms with Crippen LogP contribution in [0.15, 0.2) is 41.3 Å². The maximum Gasteiger partial charge on any atom is 0.435 e. The Bertz CT molecular complexity index is 1420. The summed E-state index contributed by atoms with van der Waals surface area (Å²) in [6.45, 7) is 1.04. The van der Waals surface area contributed by atoms with E-state index in [4.69, 9.17) is 37.5 Å². The molecule has 1 heterocycles. The average Bonchev–Trinajstić information content (AvgIpc) is 2.76. The van der Waals surface area contributed by atoms with E-state index in [2.05, 4.69) is 15.5 Å². The molecule has 35 heavy (non-hydrogen) atoms. The fourth-order valence-electron chi connectivity index (χ4n) is 2.97. The lowest BCUT2D eigenvalue weighted by Gasteiger charge is -2.17. The van der Waals surface area contributed by atoms with Gasteiger partial charge < -0.3 is 14.8 Å². The number of benzene rings is 2. The minimum Gasteiger partial charge on any atom is -0.495 e. The number of carbonyl (C=O) groups excluding carboxylic acids is 1. The molecular weight excluding hydrogens is 532 g/mol. The van der Waals surface area contributed by atoms with Gasteiger partial charge in [-0.3, -0.25) is 4.79 Å². The topological polar surface area (TPSA) is 114 Å². The van der Waals surface area contributed by atoms with E-state index in [1.54, 1.807) is 0 Å². The van der Waals surface area contributed by atoms with Gasteiger partial charge in [-0.05, 0) is 42.8 Å². The molecule has 2 N–H and O–H groups in total. The zero-order valence-electron chi connectivity index (χ0n) is 18.3. The van der Waals surface area contributed by atoms with Gasteiger partial charge in [0.05, 0.1) is 16.8 Å². The lowest BCUT2D eigenvalue weighted by Crippen LogP contribution is -2.21. The molecule has 3 rings (SSSR count). The third-order valence-corrected chi connectivity index (χ3v) is 6.66. The van der Waals surface area contributed by atoms with E-state index in [-0.39, 0.29) is 32.1 Å². The number of carbonyl (C=O) groups is 1. The van der Waals surface area contributed by atoms with Crippen LogP contribution >= 0.6 is 23.2 Å². The number of nitrogens with one attached hydrogen (secondary N) is 2. The van der Waals surface area contributed by atoms with Crippen molar-refractivity contribution in [3.05, 3.63) is 63.3 Å². The Hall–Kier alpha value is -3.09. The van der Waals surface area contributed by atoms with Crippen molar-refractivity contribution in [2.45, 2.75) is 18.0 Å². The SMILES string of the molecule is COc1ccc(Oc2nnc(C(F)(F)F)c(C)c2C(=O)Nc2cccc(S(C)(=N)=O)c2)c(Cl)c1Cl. The Labute approximate surface area is 208 Å². The third-order valence-electron chi connectivity index (χ3n) is 4.66. The number of rotatable bonds is 6. The second-order valence-corrected chi connectivity index (χ2v) is 10.1. The maximum atomic E-state index is 13.5. The zero-order valence-corrected chi connectivity index (χ0v) is 20.6. The molecule has 186 valence electrons. The molecule has 1 atom stereocenters. The smallest absolute Gasteiger partial charge is 0.435 e. The van der Waals surface area contributed by atoms with Gasteiger partial charge in [0.1, 0.15) is 27.1 Å². The van der Waals surface area contributed by atoms with Crippen molar-refractivity contribution in [1.29, 1.82) is 4.78 Å². The second-order valence-electron chi connectivity index (χ2n) is 7.17. The summed E-state index contributed by atoms with van der Waals surface area (Å²) >= 11 is 12.3. The van der Waals surface area contributed by atoms with Crippen molar-refractivity contribution in [2.75, 3.05) is 18.7 Å². The van der Waals surface area contributed by atoms with E-state index in [1.165, 1.54) is 49.8 Å². The standard InChI is InChI=1S/C21H17Cl2F3N4O4S/c1-10-15(19(31)28-11-5-4-6-12(9-11)35(3,27)32)20(30-29-18(10)21(24,25)26)34-14-8-7-13(33-2)16(22)17(14)23/h4-9,27H,1-3H3,(H,28,31). The molecule has 1 amide bonds. The van der Waals surface area contributed by atoms with Crippen molar-refractivity contribution in [2.24, 2.45) is 0 Å². The Kier molecular flexibility index (Phi) is 7.48. The molecule has 2 aromatic carbocycles. The predicted molar refractivity (Wildman–Crippen MR) is 124 cm³/mol. The van der Waals surface area contributed by atoms with Gasteiger partial charge in [-0.25, -0.2) is 8.99 Å². The molecule has 0 aliphatic carbocycles. The molecule has 0 aliphatic heterocycles. The summed E-state index contributed by atoms with van der Waals surface area (Å²) in [6, 6.07) is 8.31. The van der Waals surface area contributed by atoms with Gasteiger partial charge in [-0.1, -0.05) is 29.3 Å². The molecule has 8 nitrogen and oxygen atoms in total. The number of hydrogen-bond donors (Lipinski definition) is 2. The van der Waals surface area contributed by atoms with Crippen molar-refractivity contribution >= 4 is 44.5 Å². The number of alkyl halides is 3. The minimum absolute atomic E-state index is 0.0235. The van der Waals surface area contributed by atoms with Crippen LogP contribution in [-0.4, -0.2) is 33.7 Å². The van der Waals surface area contributed by atoms with Crippen LogP contribution in [0, 0.1) is 11.7 Å². The lowest BCUT2D eigenvalue weighted by molar-refractivity contribution is -0.142. The van der Waals surface area contributed by atoms with Crippen LogP contribution in [0.25, 0.3) is 0 Å². The van der Waals surface area contributed by atoms with Gasteiger partial charge >= 0.3 is 6.18 Å². The number of ether oxygens (including phenoxy) is 2. The first-order chi connectivity index (χ1) is 16.2. The molecule has 0 saturated heterocycles. The van der Waals surface area contributed by atoms with Gasteiger partial charge in [-0.2, -0.15) is 13.2 Å². The Morgan fingerprint density at radius 1 is 1.11 bits per heavy atom. The first-order valence-corrected chi connectivity index (χ1v) is 12.3. The number of anilines is 1. The monoisotopic (exact) mass is 548 g/mol. The van der Waals surface area contributed by atoms with E-state index < -0.39 is 44.5 Å². The Morgan fingerprint density at radius 2 is 1.74 bits per heavy atom. The molecule has 3 aromatic rings. The number of nitrogens with zero attached hydrogens (tertiary/aromatic N) is 2. The quantitative estimate of drug-likeness (QED) is 0.379. The summed E-state index contributed by atoms with van der Waals surface area (Å²) in [5.74, 6) is -1.47. The average molecular weight is 549 g/mol. The Morgan fingerprint density at radius 3 is 2.34 bits per heavy atom. The van der Waals surface area contributed by atoms with E-state index in [1.807, 2.05) is 0 Å². The number of aromatic nitrogens is 2. The summed E-state index contributed by atoms with van der Waals surface area (Å²) in [7, 11) is -1.75. The first kappa shape index (κ1) is 26.5. The number of halogens is 5. The largest absolute Gasteiger partial charge is 0.495 e. The molecule has 1 unspecified atom stereocenters. The van der Waals surface area contributed by atoms with Crippen LogP contribution in [-0.2, 0) is 15.9 Å². The van der Waals surface area contributed by atoms with Gasteiger partial charge in [0.15, 0.2) is 5.69 Å². The second kappa shape index (κ2) is 9.88. The van der Waals surface area contributed by atoms with Gasteiger partial charge in [0.25, 0.3) is 11.8 Å². The van der Waals surface area contributed by atoms with Gasteiger partial charge in [0.2, 0.25) is 0 Å². The maximum absolute atomic E-state index is 13.5. The van der Waals surface area contributed by atoms with E-state index in [0.717, 1.165) is 6.92 Å². The van der Waals surface area contributed by atoms with Crippen LogP contribution in [0.5, 0.6) is 17.4 Å². The van der Waals surface area contributed by atoms with Crippen LogP contribution < -0.4 is 14.8 Å². The highest BCUT2D eigenvalue weighted by molar-refractivity contribution is 7.91. The van der Waals surface area contributed by atoms with E-state index in [9.17, 15) is 22.2 Å². The van der Waals surface area contributed by atoms with Gasteiger partial charge in [-0.15, -0.1) is 10.2 Å². The summed E-state index contributed by atoms with van der Waals surface area (Å²) < 4.78 is 70.8. The normalized spacial score (nSPS) is 13.1. The summed E-state index contributed by atoms with van der Waals surface area (Å²) in [6.07, 6.45) is -3.71. The molecular formula is C21H17Cl2F3N4O4S. The summed E-state index contributed by atoms with van der Waals surface area (Å²) in [5.41, 5.74) is -2.41. The zero-order chi connectivity index (χ0) is 26.1. The van der Waals surface area contributed by atoms with Crippen LogP contribution in [0.4, 0.5) is 18.9 Å². The number of hydrogen-bond acceptors (Lipinski definition) is 7. The summed E-state index contributed by atoms with van der Waals surface area (Å²) in [5, 5.41) is 8.92. The molecule has 14 heteroatoms. The highest BCUT2D eigenvalue weighted by Crippen LogP contribution is 2.41. The van der Waals surface area contributed by atoms with Crippen LogP contribution in [0.1, 0.15) is 21.6 Å². The van der Waals surface area contributed by atoms with Crippen molar-refractivity contribution < 1.29 is 31.6 Å². The van der Waals surface area contributed by atoms with Crippen molar-refractivity contribution in [3.8, 4) is 17.4 Å². The van der Waals surface area contributed by atoms with E-state index in [0.29, 0.717) is 0 Å². The molecule has 0 radical (unpaired) electrons. The predicted octanol–water partition coefficient (Wildman–Crippen LogP) is 6.20. The highest BCUT2D eigenvalue weighted by Gasteiger charge is 2.38. The summed E-state index contributed by atoms with van der Waals surface area (Å²) in [4.78, 5) is 13.2. The third kappa shape index (κ3) is 5.77. The number of methoxy groups -OCH3 is 1. The van der Waals surface area contributed by atoms with Crippen molar-refractivity contribution in [3.63, 3.8) is 0 Å². The lowest BCUT2D eigenvalue weighted by atomic mass is 10.1. The molecule has 0 bridgehead atoms. The Balaban J connectivity index is 2.10. The molecule has 0 spiro atoms. The molecule has 0 saturated carbocycles. The first-order valence-electron chi connectivity index (χ1n) is 9.53. The minimum atomic E-state index is -4.90. The van der Waals surface area contributed by atoms with Gasteiger partial charge in [0, 0.05) is 16.8 Å². The molecule has 0 aliphatic rings. The fraction of sp³-hybridized carbons (Fsp3) is 0.190. The van der Waals surface area contributed by atoms with Crippen LogP contribution in [0.3, 0.4) is 0 Å². The molecule has 0 fully saturated rings. The fourth-order valence-corrected chi connectivity index (χ4v) is 4.09. The highest BCUT2D eigenvalue weighted by atomic mass is 35.5.